The first kappa shape index (κ1) is 23.8. The number of rotatable bonds is 5. The number of nitrogens with zero attached hydrogens (tertiary/aromatic N) is 4. The summed E-state index contributed by atoms with van der Waals surface area (Å²) in [6, 6.07) is 4.25. The van der Waals surface area contributed by atoms with Crippen molar-refractivity contribution >= 4 is 16.8 Å². The van der Waals surface area contributed by atoms with Crippen LogP contribution in [0.3, 0.4) is 0 Å². The van der Waals surface area contributed by atoms with Gasteiger partial charge in [0.25, 0.3) is 0 Å². The van der Waals surface area contributed by atoms with E-state index >= 15 is 0 Å². The number of aromatic nitrogens is 4. The summed E-state index contributed by atoms with van der Waals surface area (Å²) in [6.45, 7) is 6.13. The van der Waals surface area contributed by atoms with E-state index < -0.39 is 0 Å². The quantitative estimate of drug-likeness (QED) is 0.601. The molecule has 35 heavy (non-hydrogen) atoms. The fourth-order valence-corrected chi connectivity index (χ4v) is 5.48. The van der Waals surface area contributed by atoms with E-state index in [1.165, 1.54) is 0 Å². The molecule has 0 aliphatic carbocycles. The molecule has 3 fully saturated rings. The number of hydrogen-bond donors (Lipinski definition) is 1. The van der Waals surface area contributed by atoms with Gasteiger partial charge >= 0.3 is 0 Å². The van der Waals surface area contributed by atoms with Crippen LogP contribution in [0.5, 0.6) is 5.75 Å². The van der Waals surface area contributed by atoms with Crippen molar-refractivity contribution in [1.29, 1.82) is 0 Å². The number of amides is 1. The Morgan fingerprint density at radius 1 is 1.26 bits per heavy atom. The Morgan fingerprint density at radius 3 is 2.91 bits per heavy atom. The molecule has 1 N–H and O–H groups in total. The second kappa shape index (κ2) is 9.28. The van der Waals surface area contributed by atoms with Crippen LogP contribution in [-0.4, -0.2) is 63.5 Å². The van der Waals surface area contributed by atoms with Gasteiger partial charge in [0.05, 0.1) is 29.8 Å². The van der Waals surface area contributed by atoms with Gasteiger partial charge in [0, 0.05) is 50.0 Å². The van der Waals surface area contributed by atoms with Gasteiger partial charge in [-0.2, -0.15) is 10.2 Å². The van der Waals surface area contributed by atoms with Crippen molar-refractivity contribution < 1.29 is 19.0 Å². The molecule has 5 atom stereocenters. The minimum absolute atomic E-state index is 0. The molecular weight excluding hydrogens is 446 g/mol. The van der Waals surface area contributed by atoms with E-state index in [4.69, 9.17) is 19.3 Å². The Hall–Kier alpha value is -2.91. The van der Waals surface area contributed by atoms with Crippen LogP contribution in [0, 0.1) is 12.8 Å². The Balaban J connectivity index is 0.00000253. The van der Waals surface area contributed by atoms with Crippen molar-refractivity contribution in [3.63, 3.8) is 0 Å². The number of ether oxygens (including phenoxy) is 3. The number of carbonyl (C=O) groups excluding carboxylic acids is 1. The molecule has 0 unspecified atom stereocenters. The van der Waals surface area contributed by atoms with Crippen molar-refractivity contribution in [1.82, 2.24) is 24.9 Å². The Kier molecular flexibility index (Phi) is 6.31. The van der Waals surface area contributed by atoms with Crippen molar-refractivity contribution in [3.8, 4) is 16.9 Å². The lowest BCUT2D eigenvalue weighted by Gasteiger charge is -2.27. The van der Waals surface area contributed by atoms with Crippen LogP contribution in [0.25, 0.3) is 22.0 Å². The third-order valence-corrected chi connectivity index (χ3v) is 7.62. The fraction of sp³-hybridized carbons (Fsp3) is 0.577. The standard InChI is InChI=1S/C25H31N5O4.CH4/c1-14-24-19(28-29(14)3)7-16(8-22(24)34-15(2)17-9-23(31)26-10-17)18-11-27-30(12-18)20-13-33-21-5-4-6-32-25(20)21;/h7-8,11-12,15,17,20-21,25H,4-6,9-10,13H2,1-3H3,(H,26,31);1H4/t15-,17-,20+,21-,25-;/m1./s1. The lowest BCUT2D eigenvalue weighted by atomic mass is 10.0. The van der Waals surface area contributed by atoms with E-state index in [0.717, 1.165) is 52.9 Å². The number of benzene rings is 1. The molecule has 1 amide bonds. The Bertz CT molecular complexity index is 1230. The average Bonchev–Trinajstić information content (AvgIpc) is 3.60. The summed E-state index contributed by atoms with van der Waals surface area (Å²) in [6.07, 6.45) is 6.67. The summed E-state index contributed by atoms with van der Waals surface area (Å²) in [7, 11) is 1.94. The lowest BCUT2D eigenvalue weighted by Crippen LogP contribution is -2.35. The van der Waals surface area contributed by atoms with E-state index in [1.54, 1.807) is 0 Å². The molecule has 6 rings (SSSR count). The van der Waals surface area contributed by atoms with Gasteiger partial charge in [0.15, 0.2) is 0 Å². The first-order valence-corrected chi connectivity index (χ1v) is 12.2. The van der Waals surface area contributed by atoms with Crippen molar-refractivity contribution in [2.24, 2.45) is 13.0 Å². The minimum Gasteiger partial charge on any atom is -0.490 e. The van der Waals surface area contributed by atoms with Gasteiger partial charge in [-0.15, -0.1) is 0 Å². The average molecular weight is 482 g/mol. The van der Waals surface area contributed by atoms with Gasteiger partial charge in [0.2, 0.25) is 5.91 Å². The summed E-state index contributed by atoms with van der Waals surface area (Å²) in [4.78, 5) is 11.7. The van der Waals surface area contributed by atoms with Crippen LogP contribution in [0.1, 0.15) is 45.3 Å². The fourth-order valence-electron chi connectivity index (χ4n) is 5.48. The molecule has 9 nitrogen and oxygen atoms in total. The van der Waals surface area contributed by atoms with Gasteiger partial charge in [-0.25, -0.2) is 0 Å². The van der Waals surface area contributed by atoms with E-state index in [2.05, 4.69) is 28.7 Å². The molecule has 0 saturated carbocycles. The van der Waals surface area contributed by atoms with Crippen molar-refractivity contribution in [2.45, 2.75) is 64.9 Å². The van der Waals surface area contributed by atoms with Gasteiger partial charge in [0.1, 0.15) is 24.0 Å². The van der Waals surface area contributed by atoms with Gasteiger partial charge in [-0.1, -0.05) is 7.43 Å². The van der Waals surface area contributed by atoms with E-state index in [1.807, 2.05) is 36.5 Å². The molecule has 3 aliphatic rings. The minimum atomic E-state index is -0.101. The maximum atomic E-state index is 11.7. The zero-order chi connectivity index (χ0) is 23.4. The van der Waals surface area contributed by atoms with Gasteiger partial charge in [-0.3, -0.25) is 14.2 Å². The van der Waals surface area contributed by atoms with E-state index in [0.29, 0.717) is 19.6 Å². The number of fused-ring (bicyclic) bond motifs is 2. The summed E-state index contributed by atoms with van der Waals surface area (Å²) in [5.41, 5.74) is 3.93. The maximum absolute atomic E-state index is 11.7. The highest BCUT2D eigenvalue weighted by molar-refractivity contribution is 5.92. The largest absolute Gasteiger partial charge is 0.490 e. The van der Waals surface area contributed by atoms with Crippen LogP contribution in [0.15, 0.2) is 24.5 Å². The lowest BCUT2D eigenvalue weighted by molar-refractivity contribution is -0.119. The maximum Gasteiger partial charge on any atom is 0.220 e. The highest BCUT2D eigenvalue weighted by Crippen LogP contribution is 2.37. The second-order valence-corrected chi connectivity index (χ2v) is 9.79. The molecule has 3 aromatic rings. The molecule has 9 heteroatoms. The van der Waals surface area contributed by atoms with Crippen LogP contribution in [0.4, 0.5) is 0 Å². The highest BCUT2D eigenvalue weighted by Gasteiger charge is 2.41. The molecule has 0 radical (unpaired) electrons. The monoisotopic (exact) mass is 481 g/mol. The zero-order valence-electron chi connectivity index (χ0n) is 19.9. The molecular formula is C26H35N5O4. The van der Waals surface area contributed by atoms with E-state index in [-0.39, 0.29) is 43.6 Å². The normalized spacial score (nSPS) is 26.9. The van der Waals surface area contributed by atoms with Gasteiger partial charge < -0.3 is 19.5 Å². The number of carbonyl (C=O) groups is 1. The van der Waals surface area contributed by atoms with Crippen molar-refractivity contribution in [3.05, 3.63) is 30.2 Å². The third kappa shape index (κ3) is 4.21. The Morgan fingerprint density at radius 2 is 2.11 bits per heavy atom. The summed E-state index contributed by atoms with van der Waals surface area (Å²) in [5.74, 6) is 1.03. The first-order chi connectivity index (χ1) is 16.5. The molecule has 2 aromatic heterocycles. The molecule has 5 heterocycles. The predicted octanol–water partition coefficient (Wildman–Crippen LogP) is 3.40. The molecule has 1 aromatic carbocycles. The SMILES string of the molecule is C.Cc1c2c(O[C@H](C)[C@H]3CNC(=O)C3)cc(-c3cnn([C@H]4CO[C@@H]5CCCO[C@@H]54)c3)cc2nn1C. The predicted molar refractivity (Wildman–Crippen MR) is 132 cm³/mol. The Labute approximate surface area is 205 Å². The van der Waals surface area contributed by atoms with Crippen molar-refractivity contribution in [2.75, 3.05) is 19.8 Å². The van der Waals surface area contributed by atoms with Crippen LogP contribution in [-0.2, 0) is 21.3 Å². The molecule has 3 aliphatic heterocycles. The number of hydrogen-bond acceptors (Lipinski definition) is 6. The summed E-state index contributed by atoms with van der Waals surface area (Å²) in [5, 5.41) is 13.3. The number of aryl methyl sites for hydroxylation is 2. The number of nitrogens with one attached hydrogen (secondary N) is 1. The molecule has 3 saturated heterocycles. The molecule has 0 spiro atoms. The summed E-state index contributed by atoms with van der Waals surface area (Å²) < 4.78 is 22.4. The molecule has 188 valence electrons. The van der Waals surface area contributed by atoms with Crippen LogP contribution in [0.2, 0.25) is 0 Å². The van der Waals surface area contributed by atoms with Crippen LogP contribution < -0.4 is 10.1 Å². The zero-order valence-corrected chi connectivity index (χ0v) is 19.9. The van der Waals surface area contributed by atoms with Crippen LogP contribution >= 0.6 is 0 Å². The highest BCUT2D eigenvalue weighted by atomic mass is 16.6. The second-order valence-electron chi connectivity index (χ2n) is 9.79. The van der Waals surface area contributed by atoms with Gasteiger partial charge in [-0.05, 0) is 44.4 Å². The van der Waals surface area contributed by atoms with E-state index in [9.17, 15) is 4.79 Å². The molecule has 0 bridgehead atoms. The first-order valence-electron chi connectivity index (χ1n) is 12.2. The third-order valence-electron chi connectivity index (χ3n) is 7.62. The topological polar surface area (TPSA) is 92.4 Å². The smallest absolute Gasteiger partial charge is 0.220 e. The summed E-state index contributed by atoms with van der Waals surface area (Å²) >= 11 is 0.